The number of nitrogens with zero attached hydrogens (tertiary/aromatic N) is 4. The van der Waals surface area contributed by atoms with E-state index in [-0.39, 0.29) is 31.2 Å². The van der Waals surface area contributed by atoms with Crippen molar-refractivity contribution in [1.82, 2.24) is 14.8 Å². The van der Waals surface area contributed by atoms with Crippen LogP contribution in [0.15, 0.2) is 60.8 Å². The summed E-state index contributed by atoms with van der Waals surface area (Å²) in [5, 5.41) is 16.3. The number of anilines is 2. The highest BCUT2D eigenvalue weighted by Gasteiger charge is 2.56. The lowest BCUT2D eigenvalue weighted by molar-refractivity contribution is -0.149. The summed E-state index contributed by atoms with van der Waals surface area (Å²) in [6, 6.07) is 16.3. The summed E-state index contributed by atoms with van der Waals surface area (Å²) < 4.78 is 0. The average Bonchev–Trinajstić information content (AvgIpc) is 3.48. The van der Waals surface area contributed by atoms with E-state index >= 15 is 0 Å². The summed E-state index contributed by atoms with van der Waals surface area (Å²) >= 11 is 0. The monoisotopic (exact) mass is 538 g/mol. The fraction of sp³-hybridized carbons (Fsp3) is 0.333. The number of nitrogens with one attached hydrogen (secondary N) is 2. The van der Waals surface area contributed by atoms with Crippen LogP contribution in [0.4, 0.5) is 11.4 Å². The number of hydrogen-bond acceptors (Lipinski definition) is 6. The molecule has 2 aromatic carbocycles. The van der Waals surface area contributed by atoms with Gasteiger partial charge in [0.2, 0.25) is 11.8 Å². The maximum Gasteiger partial charge on any atom is 0.313 e. The molecule has 4 amide bonds. The van der Waals surface area contributed by atoms with E-state index in [0.29, 0.717) is 11.4 Å². The molecule has 0 bridgehead atoms. The maximum absolute atomic E-state index is 14.0. The van der Waals surface area contributed by atoms with Gasteiger partial charge in [-0.2, -0.15) is 5.26 Å². The van der Waals surface area contributed by atoms with Gasteiger partial charge in [0.1, 0.15) is 12.1 Å². The van der Waals surface area contributed by atoms with Crippen LogP contribution >= 0.6 is 0 Å². The van der Waals surface area contributed by atoms with E-state index in [4.69, 9.17) is 0 Å². The second-order valence-electron chi connectivity index (χ2n) is 10.8. The van der Waals surface area contributed by atoms with Gasteiger partial charge in [-0.1, -0.05) is 38.1 Å². The molecule has 10 heteroatoms. The first kappa shape index (κ1) is 26.8. The lowest BCUT2D eigenvalue weighted by Crippen LogP contribution is -2.53. The van der Waals surface area contributed by atoms with Crippen LogP contribution in [-0.4, -0.2) is 64.1 Å². The Morgan fingerprint density at radius 1 is 1.20 bits per heavy atom. The molecule has 2 aliphatic heterocycles. The molecule has 0 aliphatic carbocycles. The van der Waals surface area contributed by atoms with Crippen LogP contribution < -0.4 is 10.6 Å². The lowest BCUT2D eigenvalue weighted by Gasteiger charge is -2.33. The number of amides is 4. The first-order valence-electron chi connectivity index (χ1n) is 13.2. The van der Waals surface area contributed by atoms with Crippen molar-refractivity contribution in [2.45, 2.75) is 44.2 Å². The number of likely N-dealkylation sites (N-methyl/N-ethyl adjacent to an activating group) is 1. The first-order chi connectivity index (χ1) is 19.1. The van der Waals surface area contributed by atoms with Gasteiger partial charge in [0, 0.05) is 43.0 Å². The Morgan fingerprint density at radius 2 is 1.98 bits per heavy atom. The lowest BCUT2D eigenvalue weighted by atomic mass is 9.80. The third kappa shape index (κ3) is 4.64. The molecule has 3 heterocycles. The van der Waals surface area contributed by atoms with Crippen LogP contribution in [0.5, 0.6) is 0 Å². The number of nitriles is 1. The van der Waals surface area contributed by atoms with E-state index < -0.39 is 35.2 Å². The Balaban J connectivity index is 1.37. The molecule has 0 radical (unpaired) electrons. The summed E-state index contributed by atoms with van der Waals surface area (Å²) in [6.07, 6.45) is 2.10. The van der Waals surface area contributed by atoms with Crippen LogP contribution in [-0.2, 0) is 24.6 Å². The molecule has 3 aromatic rings. The van der Waals surface area contributed by atoms with E-state index in [9.17, 15) is 24.4 Å². The standard InChI is InChI=1S/C30H30N6O4/c1-18(2)13-25(35(3)28(39)26(37)33-20-10-11-23-19(14-20)7-6-12-32-23)27(38)36-17-30(15-21(36)16-31)22-8-4-5-9-24(22)34-29(30)40/h4-12,14,18,21,25H,13,15,17H2,1-3H3,(H,33,37)(H,34,40)/t21-,25-,30?/m0/s1. The molecule has 1 unspecified atom stereocenters. The van der Waals surface area contributed by atoms with E-state index in [1.165, 1.54) is 11.9 Å². The van der Waals surface area contributed by atoms with Crippen molar-refractivity contribution < 1.29 is 19.2 Å². The predicted octanol–water partition coefficient (Wildman–Crippen LogP) is 3.06. The summed E-state index contributed by atoms with van der Waals surface area (Å²) in [4.78, 5) is 60.2. The smallest absolute Gasteiger partial charge is 0.313 e. The van der Waals surface area contributed by atoms with Crippen molar-refractivity contribution in [3.63, 3.8) is 0 Å². The molecule has 3 atom stereocenters. The molecule has 1 aromatic heterocycles. The van der Waals surface area contributed by atoms with Crippen molar-refractivity contribution in [2.75, 3.05) is 24.2 Å². The highest BCUT2D eigenvalue weighted by atomic mass is 16.2. The number of benzene rings is 2. The second kappa shape index (κ2) is 10.4. The van der Waals surface area contributed by atoms with Gasteiger partial charge in [0.15, 0.2) is 0 Å². The molecule has 1 spiro atoms. The van der Waals surface area contributed by atoms with Crippen LogP contribution in [0.1, 0.15) is 32.3 Å². The van der Waals surface area contributed by atoms with Crippen molar-refractivity contribution in [2.24, 2.45) is 5.92 Å². The minimum absolute atomic E-state index is 0.00727. The highest BCUT2D eigenvalue weighted by molar-refractivity contribution is 6.40. The molecule has 1 fully saturated rings. The van der Waals surface area contributed by atoms with Crippen LogP contribution in [0.3, 0.4) is 0 Å². The SMILES string of the molecule is CC(C)C[C@@H](C(=O)N1CC2(C[C@H]1C#N)C(=O)Nc1ccccc12)N(C)C(=O)C(=O)Nc1ccc2ncccc2c1. The zero-order valence-electron chi connectivity index (χ0n) is 22.5. The molecule has 2 aliphatic rings. The van der Waals surface area contributed by atoms with E-state index in [0.717, 1.165) is 21.4 Å². The molecule has 2 N–H and O–H groups in total. The van der Waals surface area contributed by atoms with Gasteiger partial charge in [0.25, 0.3) is 0 Å². The molecule has 40 heavy (non-hydrogen) atoms. The Morgan fingerprint density at radius 3 is 2.73 bits per heavy atom. The van der Waals surface area contributed by atoms with Gasteiger partial charge >= 0.3 is 11.8 Å². The largest absolute Gasteiger partial charge is 0.325 e. The molecular formula is C30H30N6O4. The van der Waals surface area contributed by atoms with E-state index in [1.54, 1.807) is 36.5 Å². The van der Waals surface area contributed by atoms with Gasteiger partial charge in [-0.3, -0.25) is 24.2 Å². The Kier molecular flexibility index (Phi) is 6.98. The van der Waals surface area contributed by atoms with Gasteiger partial charge in [-0.25, -0.2) is 0 Å². The van der Waals surface area contributed by atoms with Gasteiger partial charge < -0.3 is 20.4 Å². The quantitative estimate of drug-likeness (QED) is 0.480. The highest BCUT2D eigenvalue weighted by Crippen LogP contribution is 2.46. The van der Waals surface area contributed by atoms with Crippen LogP contribution in [0.25, 0.3) is 10.9 Å². The summed E-state index contributed by atoms with van der Waals surface area (Å²) in [5.74, 6) is -2.47. The minimum atomic E-state index is -1.04. The number of hydrogen-bond donors (Lipinski definition) is 2. The van der Waals surface area contributed by atoms with Gasteiger partial charge in [-0.05, 0) is 48.2 Å². The molecule has 10 nitrogen and oxygen atoms in total. The van der Waals surface area contributed by atoms with Gasteiger partial charge in [-0.15, -0.1) is 0 Å². The predicted molar refractivity (Wildman–Crippen MR) is 149 cm³/mol. The molecule has 1 saturated heterocycles. The zero-order chi connectivity index (χ0) is 28.6. The van der Waals surface area contributed by atoms with Crippen molar-refractivity contribution >= 4 is 45.9 Å². The number of rotatable bonds is 5. The molecular weight excluding hydrogens is 508 g/mol. The fourth-order valence-electron chi connectivity index (χ4n) is 5.69. The van der Waals surface area contributed by atoms with Crippen LogP contribution in [0, 0.1) is 17.2 Å². The summed E-state index contributed by atoms with van der Waals surface area (Å²) in [7, 11) is 1.42. The molecule has 204 valence electrons. The zero-order valence-corrected chi connectivity index (χ0v) is 22.5. The third-order valence-corrected chi connectivity index (χ3v) is 7.74. The Hall–Kier alpha value is -4.78. The number of carbonyl (C=O) groups excluding carboxylic acids is 4. The first-order valence-corrected chi connectivity index (χ1v) is 13.2. The Labute approximate surface area is 232 Å². The Bertz CT molecular complexity index is 1560. The number of aromatic nitrogens is 1. The van der Waals surface area contributed by atoms with Crippen LogP contribution in [0.2, 0.25) is 0 Å². The summed E-state index contributed by atoms with van der Waals surface area (Å²) in [6.45, 7) is 3.84. The molecule has 5 rings (SSSR count). The fourth-order valence-corrected chi connectivity index (χ4v) is 5.69. The average molecular weight is 539 g/mol. The number of pyridine rings is 1. The van der Waals surface area contributed by atoms with Crippen molar-refractivity contribution in [3.05, 3.63) is 66.4 Å². The number of para-hydroxylation sites is 1. The van der Waals surface area contributed by atoms with Crippen molar-refractivity contribution in [3.8, 4) is 6.07 Å². The minimum Gasteiger partial charge on any atom is -0.325 e. The third-order valence-electron chi connectivity index (χ3n) is 7.74. The van der Waals surface area contributed by atoms with E-state index in [1.807, 2.05) is 38.1 Å². The number of carbonyl (C=O) groups is 4. The number of likely N-dealkylation sites (tertiary alicyclic amines) is 1. The maximum atomic E-state index is 14.0. The molecule has 0 saturated carbocycles. The van der Waals surface area contributed by atoms with E-state index in [2.05, 4.69) is 21.7 Å². The summed E-state index contributed by atoms with van der Waals surface area (Å²) in [5.41, 5.74) is 1.56. The topological polar surface area (TPSA) is 136 Å². The van der Waals surface area contributed by atoms with Crippen molar-refractivity contribution in [1.29, 1.82) is 5.26 Å². The van der Waals surface area contributed by atoms with Gasteiger partial charge in [0.05, 0.1) is 17.0 Å². The normalized spacial score (nSPS) is 20.2. The number of fused-ring (bicyclic) bond motifs is 3. The second-order valence-corrected chi connectivity index (χ2v) is 10.8.